The highest BCUT2D eigenvalue weighted by atomic mass is 35.5. The predicted molar refractivity (Wildman–Crippen MR) is 50.8 cm³/mol. The maximum Gasteiger partial charge on any atom is 0.243 e. The van der Waals surface area contributed by atoms with Crippen molar-refractivity contribution in [3.8, 4) is 0 Å². The van der Waals surface area contributed by atoms with Gasteiger partial charge in [-0.15, -0.1) is 22.9 Å². The zero-order valence-corrected chi connectivity index (χ0v) is 8.37. The number of rotatable bonds is 2. The molecule has 1 unspecified atom stereocenters. The minimum absolute atomic E-state index is 0.217. The number of nitrogens with one attached hydrogen (secondary N) is 1. The number of hydrogen-bond donors (Lipinski definition) is 1. The number of aromatic nitrogens is 1. The Bertz CT molecular complexity index is 285. The summed E-state index contributed by atoms with van der Waals surface area (Å²) < 4.78 is 0. The van der Waals surface area contributed by atoms with E-state index in [1.165, 1.54) is 11.3 Å². The van der Waals surface area contributed by atoms with Crippen LogP contribution >= 0.6 is 22.9 Å². The third-order valence-electron chi connectivity index (χ3n) is 1.21. The lowest BCUT2D eigenvalue weighted by atomic mass is 10.4. The monoisotopic (exact) mass is 204 g/mol. The number of halogens is 1. The van der Waals surface area contributed by atoms with Gasteiger partial charge in [-0.1, -0.05) is 0 Å². The predicted octanol–water partition coefficient (Wildman–Crippen LogP) is 2.02. The van der Waals surface area contributed by atoms with Crippen LogP contribution in [0.15, 0.2) is 6.20 Å². The lowest BCUT2D eigenvalue weighted by Gasteiger charge is -2.01. The Morgan fingerprint density at radius 2 is 2.50 bits per heavy atom. The van der Waals surface area contributed by atoms with Crippen molar-refractivity contribution in [2.24, 2.45) is 0 Å². The van der Waals surface area contributed by atoms with Gasteiger partial charge in [-0.3, -0.25) is 4.79 Å². The second-order valence-corrected chi connectivity index (χ2v) is 4.27. The SMILES string of the molecule is Cc1cnc(NC(=O)C(C)Cl)s1. The van der Waals surface area contributed by atoms with E-state index in [9.17, 15) is 4.79 Å². The molecule has 12 heavy (non-hydrogen) atoms. The van der Waals surface area contributed by atoms with Gasteiger partial charge in [0.2, 0.25) is 5.91 Å². The number of amides is 1. The summed E-state index contributed by atoms with van der Waals surface area (Å²) in [5.74, 6) is -0.217. The van der Waals surface area contributed by atoms with E-state index in [4.69, 9.17) is 11.6 Å². The maximum absolute atomic E-state index is 11.0. The molecule has 0 bridgehead atoms. The Balaban J connectivity index is 2.58. The molecule has 0 radical (unpaired) electrons. The first-order valence-electron chi connectivity index (χ1n) is 3.47. The molecule has 0 spiro atoms. The molecule has 5 heteroatoms. The van der Waals surface area contributed by atoms with Crippen molar-refractivity contribution in [1.82, 2.24) is 4.98 Å². The van der Waals surface area contributed by atoms with Gasteiger partial charge in [0.15, 0.2) is 5.13 Å². The molecular formula is C7H9ClN2OS. The van der Waals surface area contributed by atoms with Gasteiger partial charge in [-0.2, -0.15) is 0 Å². The van der Waals surface area contributed by atoms with Crippen molar-refractivity contribution in [2.75, 3.05) is 5.32 Å². The lowest BCUT2D eigenvalue weighted by molar-refractivity contribution is -0.115. The van der Waals surface area contributed by atoms with Crippen molar-refractivity contribution in [3.05, 3.63) is 11.1 Å². The normalized spacial score (nSPS) is 12.6. The highest BCUT2D eigenvalue weighted by molar-refractivity contribution is 7.15. The first kappa shape index (κ1) is 9.48. The summed E-state index contributed by atoms with van der Waals surface area (Å²) in [7, 11) is 0. The van der Waals surface area contributed by atoms with Gasteiger partial charge in [0.1, 0.15) is 5.38 Å². The van der Waals surface area contributed by atoms with Crippen molar-refractivity contribution < 1.29 is 4.79 Å². The smallest absolute Gasteiger partial charge is 0.243 e. The summed E-state index contributed by atoms with van der Waals surface area (Å²) in [4.78, 5) is 16.1. The molecule has 0 aliphatic rings. The molecule has 1 aromatic rings. The van der Waals surface area contributed by atoms with Crippen LogP contribution in [0.3, 0.4) is 0 Å². The van der Waals surface area contributed by atoms with Crippen LogP contribution in [0, 0.1) is 6.92 Å². The molecule has 0 fully saturated rings. The highest BCUT2D eigenvalue weighted by Gasteiger charge is 2.10. The summed E-state index contributed by atoms with van der Waals surface area (Å²) in [6.07, 6.45) is 1.71. The summed E-state index contributed by atoms with van der Waals surface area (Å²) in [6, 6.07) is 0. The van der Waals surface area contributed by atoms with Crippen LogP contribution in [0.4, 0.5) is 5.13 Å². The zero-order chi connectivity index (χ0) is 9.14. The standard InChI is InChI=1S/C7H9ClN2OS/c1-4-3-9-7(12-4)10-6(11)5(2)8/h3,5H,1-2H3,(H,9,10,11). The molecule has 0 saturated carbocycles. The average molecular weight is 205 g/mol. The number of nitrogens with zero attached hydrogens (tertiary/aromatic N) is 1. The third kappa shape index (κ3) is 2.46. The lowest BCUT2D eigenvalue weighted by Crippen LogP contribution is -2.19. The fraction of sp³-hybridized carbons (Fsp3) is 0.429. The highest BCUT2D eigenvalue weighted by Crippen LogP contribution is 2.16. The molecule has 1 N–H and O–H groups in total. The van der Waals surface area contributed by atoms with E-state index in [1.54, 1.807) is 13.1 Å². The van der Waals surface area contributed by atoms with Crippen LogP contribution in [0.5, 0.6) is 0 Å². The number of hydrogen-bond acceptors (Lipinski definition) is 3. The van der Waals surface area contributed by atoms with Crippen LogP contribution < -0.4 is 5.32 Å². The van der Waals surface area contributed by atoms with Crippen molar-refractivity contribution in [1.29, 1.82) is 0 Å². The molecule has 0 saturated heterocycles. The van der Waals surface area contributed by atoms with E-state index in [-0.39, 0.29) is 5.91 Å². The molecule has 1 atom stereocenters. The Hall–Kier alpha value is -0.610. The number of thiazole rings is 1. The summed E-state index contributed by atoms with van der Waals surface area (Å²) in [6.45, 7) is 3.55. The summed E-state index contributed by atoms with van der Waals surface area (Å²) in [5.41, 5.74) is 0. The first-order valence-corrected chi connectivity index (χ1v) is 4.72. The van der Waals surface area contributed by atoms with Gasteiger partial charge >= 0.3 is 0 Å². The number of carbonyl (C=O) groups excluding carboxylic acids is 1. The number of anilines is 1. The second kappa shape index (κ2) is 3.87. The molecule has 1 aromatic heterocycles. The average Bonchev–Trinajstić information content (AvgIpc) is 2.35. The molecule has 0 aliphatic heterocycles. The van der Waals surface area contributed by atoms with Crippen LogP contribution in [0.1, 0.15) is 11.8 Å². The van der Waals surface area contributed by atoms with Crippen LogP contribution in [0.25, 0.3) is 0 Å². The number of alkyl halides is 1. The van der Waals surface area contributed by atoms with E-state index in [0.29, 0.717) is 5.13 Å². The van der Waals surface area contributed by atoms with Crippen LogP contribution in [-0.4, -0.2) is 16.3 Å². The third-order valence-corrected chi connectivity index (χ3v) is 2.24. The molecule has 3 nitrogen and oxygen atoms in total. The van der Waals surface area contributed by atoms with Crippen LogP contribution in [0.2, 0.25) is 0 Å². The van der Waals surface area contributed by atoms with Gasteiger partial charge in [0, 0.05) is 11.1 Å². The molecule has 1 heterocycles. The van der Waals surface area contributed by atoms with E-state index in [1.807, 2.05) is 6.92 Å². The van der Waals surface area contributed by atoms with Gasteiger partial charge in [0.25, 0.3) is 0 Å². The quantitative estimate of drug-likeness (QED) is 0.749. The molecule has 0 aliphatic carbocycles. The molecular weight excluding hydrogens is 196 g/mol. The van der Waals surface area contributed by atoms with Crippen molar-refractivity contribution in [3.63, 3.8) is 0 Å². The van der Waals surface area contributed by atoms with Gasteiger partial charge in [0.05, 0.1) is 0 Å². The van der Waals surface area contributed by atoms with E-state index in [2.05, 4.69) is 10.3 Å². The van der Waals surface area contributed by atoms with E-state index < -0.39 is 5.38 Å². The largest absolute Gasteiger partial charge is 0.301 e. The van der Waals surface area contributed by atoms with Gasteiger partial charge in [-0.05, 0) is 13.8 Å². The number of aryl methyl sites for hydroxylation is 1. The first-order chi connectivity index (χ1) is 5.59. The van der Waals surface area contributed by atoms with Crippen molar-refractivity contribution in [2.45, 2.75) is 19.2 Å². The minimum Gasteiger partial charge on any atom is -0.301 e. The van der Waals surface area contributed by atoms with E-state index >= 15 is 0 Å². The molecule has 1 rings (SSSR count). The number of carbonyl (C=O) groups is 1. The Labute approximate surface area is 79.8 Å². The van der Waals surface area contributed by atoms with Crippen LogP contribution in [-0.2, 0) is 4.79 Å². The van der Waals surface area contributed by atoms with Gasteiger partial charge < -0.3 is 5.32 Å². The zero-order valence-electron chi connectivity index (χ0n) is 6.80. The second-order valence-electron chi connectivity index (χ2n) is 2.38. The minimum atomic E-state index is -0.519. The Kier molecular flexibility index (Phi) is 3.05. The molecule has 1 amide bonds. The Morgan fingerprint density at radius 3 is 2.92 bits per heavy atom. The maximum atomic E-state index is 11.0. The van der Waals surface area contributed by atoms with E-state index in [0.717, 1.165) is 4.88 Å². The Morgan fingerprint density at radius 1 is 1.83 bits per heavy atom. The fourth-order valence-corrected chi connectivity index (χ4v) is 1.34. The summed E-state index contributed by atoms with van der Waals surface area (Å²) in [5, 5.41) is 2.68. The topological polar surface area (TPSA) is 42.0 Å². The van der Waals surface area contributed by atoms with Gasteiger partial charge in [-0.25, -0.2) is 4.98 Å². The molecule has 0 aromatic carbocycles. The fourth-order valence-electron chi connectivity index (χ4n) is 0.617. The molecule has 66 valence electrons. The van der Waals surface area contributed by atoms with Crippen molar-refractivity contribution >= 4 is 34.0 Å². The summed E-state index contributed by atoms with van der Waals surface area (Å²) >= 11 is 6.98.